The van der Waals surface area contributed by atoms with Crippen molar-refractivity contribution in [3.05, 3.63) is 200 Å². The maximum atomic E-state index is 6.37. The third-order valence-corrected chi connectivity index (χ3v) is 9.74. The van der Waals surface area contributed by atoms with E-state index in [0.29, 0.717) is 0 Å². The Morgan fingerprint density at radius 2 is 0.804 bits per heavy atom. The Balaban J connectivity index is 1.10. The van der Waals surface area contributed by atoms with E-state index in [-0.39, 0.29) is 0 Å². The van der Waals surface area contributed by atoms with Crippen LogP contribution in [-0.2, 0) is 0 Å². The summed E-state index contributed by atoms with van der Waals surface area (Å²) in [5.74, 6) is 0. The Morgan fingerprint density at radius 3 is 1.37 bits per heavy atom. The lowest BCUT2D eigenvalue weighted by Gasteiger charge is -2.26. The molecule has 0 atom stereocenters. The van der Waals surface area contributed by atoms with Crippen molar-refractivity contribution in [2.75, 3.05) is 4.90 Å². The molecule has 0 saturated heterocycles. The van der Waals surface area contributed by atoms with Crippen molar-refractivity contribution >= 4 is 39.0 Å². The molecule has 9 aromatic rings. The molecule has 0 amide bonds. The van der Waals surface area contributed by atoms with E-state index in [1.165, 1.54) is 38.9 Å². The van der Waals surface area contributed by atoms with Crippen LogP contribution in [0.25, 0.3) is 66.4 Å². The van der Waals surface area contributed by atoms with Crippen molar-refractivity contribution in [3.63, 3.8) is 0 Å². The van der Waals surface area contributed by atoms with Gasteiger partial charge in [0.2, 0.25) is 0 Å². The van der Waals surface area contributed by atoms with Crippen molar-refractivity contribution in [3.8, 4) is 44.5 Å². The van der Waals surface area contributed by atoms with Gasteiger partial charge in [-0.3, -0.25) is 0 Å². The van der Waals surface area contributed by atoms with Gasteiger partial charge >= 0.3 is 0 Å². The molecule has 0 radical (unpaired) electrons. The Morgan fingerprint density at radius 1 is 0.353 bits per heavy atom. The molecule has 0 fully saturated rings. The van der Waals surface area contributed by atoms with Crippen LogP contribution in [0.4, 0.5) is 17.1 Å². The minimum atomic E-state index is 0.911. The number of benzene rings is 8. The lowest BCUT2D eigenvalue weighted by Crippen LogP contribution is -2.09. The summed E-state index contributed by atoms with van der Waals surface area (Å²) in [4.78, 5) is 2.32. The first-order chi connectivity index (χ1) is 25.2. The Kier molecular flexibility index (Phi) is 7.75. The van der Waals surface area contributed by atoms with E-state index in [0.717, 1.165) is 50.1 Å². The van der Waals surface area contributed by atoms with Crippen LogP contribution in [0.2, 0.25) is 0 Å². The maximum Gasteiger partial charge on any atom is 0.143 e. The molecule has 51 heavy (non-hydrogen) atoms. The molecule has 2 nitrogen and oxygen atoms in total. The van der Waals surface area contributed by atoms with E-state index in [1.54, 1.807) is 0 Å². The van der Waals surface area contributed by atoms with Crippen LogP contribution in [0.15, 0.2) is 199 Å². The number of hydrogen-bond donors (Lipinski definition) is 0. The second kappa shape index (κ2) is 13.0. The first-order valence-electron chi connectivity index (χ1n) is 17.4. The van der Waals surface area contributed by atoms with Crippen LogP contribution >= 0.6 is 0 Å². The van der Waals surface area contributed by atoms with Crippen LogP contribution < -0.4 is 4.90 Å². The molecule has 0 unspecified atom stereocenters. The summed E-state index contributed by atoms with van der Waals surface area (Å²) >= 11 is 0. The minimum Gasteiger partial charge on any atom is -0.455 e. The summed E-state index contributed by atoms with van der Waals surface area (Å²) in [5.41, 5.74) is 15.8. The predicted octanol–water partition coefficient (Wildman–Crippen LogP) is 14.0. The van der Waals surface area contributed by atoms with Crippen molar-refractivity contribution in [1.82, 2.24) is 0 Å². The Labute approximate surface area is 298 Å². The average Bonchev–Trinajstić information content (AvgIpc) is 3.59. The number of aryl methyl sites for hydroxylation is 1. The molecule has 2 heteroatoms. The zero-order chi connectivity index (χ0) is 34.1. The van der Waals surface area contributed by atoms with Gasteiger partial charge in [-0.1, -0.05) is 139 Å². The highest BCUT2D eigenvalue weighted by atomic mass is 16.3. The average molecular weight is 654 g/mol. The molecule has 0 bridgehead atoms. The molecule has 0 spiro atoms. The Bertz CT molecular complexity index is 2540. The van der Waals surface area contributed by atoms with E-state index >= 15 is 0 Å². The first-order valence-corrected chi connectivity index (χ1v) is 17.4. The molecule has 8 aromatic carbocycles. The van der Waals surface area contributed by atoms with E-state index in [4.69, 9.17) is 4.42 Å². The number of hydrogen-bond acceptors (Lipinski definition) is 2. The second-order valence-corrected chi connectivity index (χ2v) is 13.1. The molecular formula is C49H35NO. The summed E-state index contributed by atoms with van der Waals surface area (Å²) in [6, 6.07) is 69.3. The van der Waals surface area contributed by atoms with Gasteiger partial charge in [-0.25, -0.2) is 0 Å². The van der Waals surface area contributed by atoms with Gasteiger partial charge in [-0.2, -0.15) is 0 Å². The van der Waals surface area contributed by atoms with Crippen molar-refractivity contribution in [2.45, 2.75) is 6.92 Å². The molecular weight excluding hydrogens is 619 g/mol. The van der Waals surface area contributed by atoms with Crippen LogP contribution in [0.3, 0.4) is 0 Å². The SMILES string of the molecule is Cc1ccc(N(c2ccc(-c3cc(-c4ccccc4)cc(-c4ccccc4)c3)cc2)c2ccc(-c3cccc4c3oc3ccccc34)cc2)cc1. The van der Waals surface area contributed by atoms with Gasteiger partial charge in [0, 0.05) is 33.4 Å². The predicted molar refractivity (Wildman–Crippen MR) is 215 cm³/mol. The normalized spacial score (nSPS) is 11.2. The van der Waals surface area contributed by atoms with Crippen LogP contribution in [-0.4, -0.2) is 0 Å². The van der Waals surface area contributed by atoms with Gasteiger partial charge in [0.15, 0.2) is 0 Å². The van der Waals surface area contributed by atoms with Crippen LogP contribution in [0, 0.1) is 6.92 Å². The molecule has 0 aliphatic carbocycles. The number of furan rings is 1. The number of rotatable bonds is 7. The molecule has 0 N–H and O–H groups in total. The van der Waals surface area contributed by atoms with Crippen molar-refractivity contribution < 1.29 is 4.42 Å². The highest BCUT2D eigenvalue weighted by molar-refractivity contribution is 6.09. The van der Waals surface area contributed by atoms with Gasteiger partial charge < -0.3 is 9.32 Å². The molecule has 242 valence electrons. The van der Waals surface area contributed by atoms with Crippen LogP contribution in [0.5, 0.6) is 0 Å². The standard InChI is InChI=1S/C49H35NO/c1-34-19-25-42(26-20-34)50(44-29-23-38(24-30-44)45-16-10-17-47-46-15-8-9-18-48(46)51-49(45)47)43-27-21-37(22-28-43)41-32-39(35-11-4-2-5-12-35)31-40(33-41)36-13-6-3-7-14-36/h2-33H,1H3. The number of anilines is 3. The fourth-order valence-electron chi connectivity index (χ4n) is 7.10. The Hall–Kier alpha value is -6.64. The van der Waals surface area contributed by atoms with Crippen molar-refractivity contribution in [2.24, 2.45) is 0 Å². The van der Waals surface area contributed by atoms with E-state index < -0.39 is 0 Å². The first kappa shape index (κ1) is 30.4. The smallest absolute Gasteiger partial charge is 0.143 e. The summed E-state index contributed by atoms with van der Waals surface area (Å²) in [6.07, 6.45) is 0. The zero-order valence-electron chi connectivity index (χ0n) is 28.3. The third-order valence-electron chi connectivity index (χ3n) is 9.74. The van der Waals surface area contributed by atoms with Crippen molar-refractivity contribution in [1.29, 1.82) is 0 Å². The quantitative estimate of drug-likeness (QED) is 0.170. The zero-order valence-corrected chi connectivity index (χ0v) is 28.3. The lowest BCUT2D eigenvalue weighted by molar-refractivity contribution is 0.670. The molecule has 0 aliphatic heterocycles. The minimum absolute atomic E-state index is 0.911. The van der Waals surface area contributed by atoms with Gasteiger partial charge in [-0.05, 0) is 107 Å². The topological polar surface area (TPSA) is 16.4 Å². The summed E-state index contributed by atoms with van der Waals surface area (Å²) < 4.78 is 6.37. The van der Waals surface area contributed by atoms with Gasteiger partial charge in [-0.15, -0.1) is 0 Å². The fourth-order valence-corrected chi connectivity index (χ4v) is 7.10. The summed E-state index contributed by atoms with van der Waals surface area (Å²) in [7, 11) is 0. The van der Waals surface area contributed by atoms with Crippen LogP contribution in [0.1, 0.15) is 5.56 Å². The number of nitrogens with zero attached hydrogens (tertiary/aromatic N) is 1. The number of fused-ring (bicyclic) bond motifs is 3. The highest BCUT2D eigenvalue weighted by Crippen LogP contribution is 2.40. The van der Waals surface area contributed by atoms with E-state index in [9.17, 15) is 0 Å². The second-order valence-electron chi connectivity index (χ2n) is 13.1. The number of para-hydroxylation sites is 2. The molecule has 1 aromatic heterocycles. The molecule has 9 rings (SSSR count). The molecule has 1 heterocycles. The summed E-state index contributed by atoms with van der Waals surface area (Å²) in [5, 5.41) is 2.28. The molecule has 0 saturated carbocycles. The van der Waals surface area contributed by atoms with E-state index in [2.05, 4.69) is 194 Å². The summed E-state index contributed by atoms with van der Waals surface area (Å²) in [6.45, 7) is 2.13. The third kappa shape index (κ3) is 5.88. The van der Waals surface area contributed by atoms with E-state index in [1.807, 2.05) is 12.1 Å². The highest BCUT2D eigenvalue weighted by Gasteiger charge is 2.16. The fraction of sp³-hybridized carbons (Fsp3) is 0.0204. The largest absolute Gasteiger partial charge is 0.455 e. The monoisotopic (exact) mass is 653 g/mol. The van der Waals surface area contributed by atoms with Gasteiger partial charge in [0.05, 0.1) is 0 Å². The molecule has 0 aliphatic rings. The van der Waals surface area contributed by atoms with Gasteiger partial charge in [0.1, 0.15) is 11.2 Å². The maximum absolute atomic E-state index is 6.37. The van der Waals surface area contributed by atoms with Gasteiger partial charge in [0.25, 0.3) is 0 Å². The lowest BCUT2D eigenvalue weighted by atomic mass is 9.93.